The van der Waals surface area contributed by atoms with E-state index in [1.807, 2.05) is 60.3 Å². The summed E-state index contributed by atoms with van der Waals surface area (Å²) in [4.78, 5) is 16.6. The first-order chi connectivity index (χ1) is 14.1. The number of hydrogen-bond donors (Lipinski definition) is 0. The molecule has 0 radical (unpaired) electrons. The number of thioether (sulfide) groups is 1. The average Bonchev–Trinajstić information content (AvgIpc) is 3.46. The maximum atomic E-state index is 12.9. The molecule has 0 atom stereocenters. The molecule has 0 N–H and O–H groups in total. The zero-order chi connectivity index (χ0) is 20.4. The van der Waals surface area contributed by atoms with Crippen LogP contribution in [0.1, 0.15) is 5.76 Å². The molecule has 1 aliphatic rings. The van der Waals surface area contributed by atoms with Crippen LogP contribution >= 0.6 is 11.8 Å². The van der Waals surface area contributed by atoms with Crippen LogP contribution in [-0.2, 0) is 11.3 Å². The number of nitrogens with zero attached hydrogens (tertiary/aromatic N) is 6. The van der Waals surface area contributed by atoms with Crippen LogP contribution in [0.3, 0.4) is 0 Å². The van der Waals surface area contributed by atoms with Gasteiger partial charge in [-0.05, 0) is 24.3 Å². The summed E-state index contributed by atoms with van der Waals surface area (Å²) in [7, 11) is 3.71. The molecule has 1 aliphatic heterocycles. The van der Waals surface area contributed by atoms with Crippen LogP contribution in [0.25, 0.3) is 0 Å². The largest absolute Gasteiger partial charge is 0.467 e. The first-order valence-electron chi connectivity index (χ1n) is 8.87. The van der Waals surface area contributed by atoms with E-state index < -0.39 is 0 Å². The molecule has 0 saturated carbocycles. The van der Waals surface area contributed by atoms with Gasteiger partial charge in [-0.25, -0.2) is 0 Å². The van der Waals surface area contributed by atoms with E-state index in [1.54, 1.807) is 17.2 Å². The van der Waals surface area contributed by atoms with Gasteiger partial charge in [-0.15, -0.1) is 10.2 Å². The Hall–Kier alpha value is -3.51. The molecule has 2 aromatic heterocycles. The van der Waals surface area contributed by atoms with Crippen LogP contribution in [-0.4, -0.2) is 40.4 Å². The lowest BCUT2D eigenvalue weighted by atomic mass is 10.2. The number of furan rings is 1. The number of fused-ring (bicyclic) bond motifs is 1. The Kier molecular flexibility index (Phi) is 5.10. The summed E-state index contributed by atoms with van der Waals surface area (Å²) in [5.74, 6) is 1.18. The first kappa shape index (κ1) is 18.8. The molecular weight excluding hydrogens is 388 g/mol. The molecule has 146 valence electrons. The van der Waals surface area contributed by atoms with E-state index in [-0.39, 0.29) is 17.1 Å². The molecule has 0 saturated heterocycles. The number of carbonyl (C=O) groups is 1. The van der Waals surface area contributed by atoms with Crippen molar-refractivity contribution in [3.8, 4) is 6.07 Å². The summed E-state index contributed by atoms with van der Waals surface area (Å²) in [6, 6.07) is 13.6. The quantitative estimate of drug-likeness (QED) is 0.351. The third-order valence-corrected chi connectivity index (χ3v) is 5.65. The van der Waals surface area contributed by atoms with Gasteiger partial charge in [0, 0.05) is 14.1 Å². The Morgan fingerprint density at radius 1 is 1.17 bits per heavy atom. The van der Waals surface area contributed by atoms with Crippen LogP contribution in [0.15, 0.2) is 70.0 Å². The number of rotatable bonds is 6. The van der Waals surface area contributed by atoms with Crippen molar-refractivity contribution in [2.75, 3.05) is 29.6 Å². The van der Waals surface area contributed by atoms with Crippen molar-refractivity contribution in [2.45, 2.75) is 11.7 Å². The van der Waals surface area contributed by atoms with Crippen molar-refractivity contribution < 1.29 is 9.21 Å². The van der Waals surface area contributed by atoms with Crippen molar-refractivity contribution in [1.29, 1.82) is 5.26 Å². The fourth-order valence-corrected chi connectivity index (χ4v) is 4.08. The van der Waals surface area contributed by atoms with E-state index >= 15 is 0 Å². The third kappa shape index (κ3) is 3.50. The fourth-order valence-electron chi connectivity index (χ4n) is 3.29. The standard InChI is InChI=1S/C20H18N6O2S/c1-24-16-7-3-4-8-17(16)25(2)19(24)15(10-21)18(27)12-29-20-23-22-13-26(20)11-14-6-5-9-28-14/h3-9,13H,11-12H2,1-2H3. The van der Waals surface area contributed by atoms with Gasteiger partial charge >= 0.3 is 0 Å². The van der Waals surface area contributed by atoms with Crippen molar-refractivity contribution in [3.63, 3.8) is 0 Å². The minimum atomic E-state index is -0.258. The van der Waals surface area contributed by atoms with E-state index in [4.69, 9.17) is 4.42 Å². The van der Waals surface area contributed by atoms with E-state index in [0.29, 0.717) is 17.5 Å². The normalized spacial score (nSPS) is 12.8. The van der Waals surface area contributed by atoms with Crippen molar-refractivity contribution in [1.82, 2.24) is 14.8 Å². The lowest BCUT2D eigenvalue weighted by Gasteiger charge is -2.19. The Bertz CT molecular complexity index is 1080. The van der Waals surface area contributed by atoms with E-state index in [0.717, 1.165) is 17.1 Å². The zero-order valence-corrected chi connectivity index (χ0v) is 16.8. The van der Waals surface area contributed by atoms with Crippen LogP contribution in [0, 0.1) is 11.3 Å². The summed E-state index contributed by atoms with van der Waals surface area (Å²) in [5.41, 5.74) is 2.03. The molecule has 29 heavy (non-hydrogen) atoms. The maximum absolute atomic E-state index is 12.9. The molecular formula is C20H18N6O2S. The second-order valence-corrected chi connectivity index (χ2v) is 7.39. The van der Waals surface area contributed by atoms with Gasteiger partial charge in [0.25, 0.3) is 0 Å². The second kappa shape index (κ2) is 7.85. The van der Waals surface area contributed by atoms with E-state index in [9.17, 15) is 10.1 Å². The summed E-state index contributed by atoms with van der Waals surface area (Å²) in [6.07, 6.45) is 3.20. The number of para-hydroxylation sites is 2. The average molecular weight is 406 g/mol. The van der Waals surface area contributed by atoms with Crippen molar-refractivity contribution >= 4 is 28.9 Å². The monoisotopic (exact) mass is 406 g/mol. The predicted molar refractivity (Wildman–Crippen MR) is 109 cm³/mol. The first-order valence-corrected chi connectivity index (χ1v) is 9.85. The Balaban J connectivity index is 1.52. The highest BCUT2D eigenvalue weighted by molar-refractivity contribution is 7.99. The highest BCUT2D eigenvalue weighted by atomic mass is 32.2. The number of anilines is 2. The van der Waals surface area contributed by atoms with Gasteiger partial charge in [-0.1, -0.05) is 23.9 Å². The number of allylic oxidation sites excluding steroid dienone is 1. The maximum Gasteiger partial charge on any atom is 0.191 e. The highest BCUT2D eigenvalue weighted by Gasteiger charge is 2.31. The Labute approximate surface area is 172 Å². The molecule has 0 unspecified atom stereocenters. The Morgan fingerprint density at radius 2 is 1.90 bits per heavy atom. The van der Waals surface area contributed by atoms with Crippen LogP contribution < -0.4 is 9.80 Å². The number of hydrogen-bond acceptors (Lipinski definition) is 8. The summed E-state index contributed by atoms with van der Waals surface area (Å²) < 4.78 is 7.16. The molecule has 0 aliphatic carbocycles. The number of Topliss-reactive ketones (excluding diaryl/α,β-unsaturated/α-hetero) is 1. The molecule has 8 nitrogen and oxygen atoms in total. The summed E-state index contributed by atoms with van der Waals surface area (Å²) in [5, 5.41) is 18.3. The van der Waals surface area contributed by atoms with Gasteiger partial charge in [0.2, 0.25) is 0 Å². The number of carbonyl (C=O) groups excluding carboxylic acids is 1. The SMILES string of the molecule is CN1C(=C(C#N)C(=O)CSc2nncn2Cc2ccco2)N(C)c2ccccc21. The zero-order valence-electron chi connectivity index (χ0n) is 15.9. The summed E-state index contributed by atoms with van der Waals surface area (Å²) in [6.45, 7) is 0.476. The number of aromatic nitrogens is 3. The van der Waals surface area contributed by atoms with Gasteiger partial charge in [0.1, 0.15) is 29.6 Å². The number of nitriles is 1. The molecule has 0 bridgehead atoms. The van der Waals surface area contributed by atoms with Crippen molar-refractivity contribution in [2.24, 2.45) is 0 Å². The van der Waals surface area contributed by atoms with Gasteiger partial charge in [-0.2, -0.15) is 5.26 Å². The van der Waals surface area contributed by atoms with Crippen LogP contribution in [0.4, 0.5) is 11.4 Å². The molecule has 9 heteroatoms. The summed E-state index contributed by atoms with van der Waals surface area (Å²) >= 11 is 1.25. The fraction of sp³-hybridized carbons (Fsp3) is 0.200. The smallest absolute Gasteiger partial charge is 0.191 e. The predicted octanol–water partition coefficient (Wildman–Crippen LogP) is 2.90. The Morgan fingerprint density at radius 3 is 2.52 bits per heavy atom. The van der Waals surface area contributed by atoms with Gasteiger partial charge in [0.15, 0.2) is 10.9 Å². The highest BCUT2D eigenvalue weighted by Crippen LogP contribution is 2.40. The third-order valence-electron chi connectivity index (χ3n) is 4.67. The molecule has 0 amide bonds. The molecule has 3 aromatic rings. The van der Waals surface area contributed by atoms with E-state index in [2.05, 4.69) is 16.3 Å². The number of benzene rings is 1. The number of ketones is 1. The van der Waals surface area contributed by atoms with Gasteiger partial charge in [0.05, 0.1) is 29.9 Å². The molecule has 3 heterocycles. The lowest BCUT2D eigenvalue weighted by Crippen LogP contribution is -2.26. The van der Waals surface area contributed by atoms with Crippen LogP contribution in [0.2, 0.25) is 0 Å². The topological polar surface area (TPSA) is 91.2 Å². The second-order valence-electron chi connectivity index (χ2n) is 6.45. The molecule has 0 fully saturated rings. The minimum absolute atomic E-state index is 0.0846. The molecule has 4 rings (SSSR count). The lowest BCUT2D eigenvalue weighted by molar-refractivity contribution is -0.112. The van der Waals surface area contributed by atoms with E-state index in [1.165, 1.54) is 11.8 Å². The molecule has 1 aromatic carbocycles. The van der Waals surface area contributed by atoms with Gasteiger partial charge < -0.3 is 18.8 Å². The van der Waals surface area contributed by atoms with Crippen LogP contribution in [0.5, 0.6) is 0 Å². The van der Waals surface area contributed by atoms with Crippen molar-refractivity contribution in [3.05, 3.63) is 66.1 Å². The molecule has 0 spiro atoms. The minimum Gasteiger partial charge on any atom is -0.467 e. The van der Waals surface area contributed by atoms with Gasteiger partial charge in [-0.3, -0.25) is 4.79 Å².